The standard InChI is InChI=1S/C25H24O2/c1-6-27-25(26)18-7-8-19-20-9-14(2)15(3)10-21(20)22-11-16(4)17(5)12-23(22)24(19)13-18/h7-13H,6H2,1-5H3. The fourth-order valence-electron chi connectivity index (χ4n) is 3.87. The number of benzene rings is 4. The molecule has 4 aromatic rings. The molecule has 136 valence electrons. The third-order valence-electron chi connectivity index (χ3n) is 5.67. The van der Waals surface area contributed by atoms with Crippen molar-refractivity contribution in [3.05, 3.63) is 70.3 Å². The van der Waals surface area contributed by atoms with Crippen LogP contribution in [0.1, 0.15) is 39.5 Å². The molecule has 0 atom stereocenters. The summed E-state index contributed by atoms with van der Waals surface area (Å²) in [5.74, 6) is -0.267. The van der Waals surface area contributed by atoms with Crippen molar-refractivity contribution < 1.29 is 9.53 Å². The van der Waals surface area contributed by atoms with Crippen molar-refractivity contribution in [3.8, 4) is 0 Å². The fourth-order valence-corrected chi connectivity index (χ4v) is 3.87. The molecule has 0 unspecified atom stereocenters. The molecule has 0 fully saturated rings. The zero-order chi connectivity index (χ0) is 19.3. The molecular weight excluding hydrogens is 332 g/mol. The van der Waals surface area contributed by atoms with Crippen molar-refractivity contribution in [1.82, 2.24) is 0 Å². The molecule has 0 radical (unpaired) electrons. The van der Waals surface area contributed by atoms with Crippen LogP contribution >= 0.6 is 0 Å². The predicted molar refractivity (Wildman–Crippen MR) is 114 cm³/mol. The third-order valence-corrected chi connectivity index (χ3v) is 5.67. The SMILES string of the molecule is CCOC(=O)c1ccc2c(c1)c1cc(C)c(C)cc1c1cc(C)c(C)cc21. The van der Waals surface area contributed by atoms with E-state index in [1.54, 1.807) is 0 Å². The van der Waals surface area contributed by atoms with E-state index >= 15 is 0 Å². The van der Waals surface area contributed by atoms with E-state index in [1.165, 1.54) is 49.2 Å². The first-order valence-corrected chi connectivity index (χ1v) is 9.45. The third kappa shape index (κ3) is 2.76. The summed E-state index contributed by atoms with van der Waals surface area (Å²) in [5.41, 5.74) is 5.72. The Balaban J connectivity index is 2.21. The van der Waals surface area contributed by atoms with Gasteiger partial charge in [0.1, 0.15) is 0 Å². The summed E-state index contributed by atoms with van der Waals surface area (Å²) in [6.07, 6.45) is 0. The Morgan fingerprint density at radius 1 is 0.667 bits per heavy atom. The van der Waals surface area contributed by atoms with Gasteiger partial charge in [-0.2, -0.15) is 0 Å². The van der Waals surface area contributed by atoms with E-state index in [4.69, 9.17) is 4.74 Å². The highest BCUT2D eigenvalue weighted by Crippen LogP contribution is 2.38. The van der Waals surface area contributed by atoms with Gasteiger partial charge in [0.25, 0.3) is 0 Å². The van der Waals surface area contributed by atoms with Crippen LogP contribution in [-0.2, 0) is 4.74 Å². The van der Waals surface area contributed by atoms with E-state index < -0.39 is 0 Å². The van der Waals surface area contributed by atoms with Crippen LogP contribution in [0, 0.1) is 27.7 Å². The number of hydrogen-bond acceptors (Lipinski definition) is 2. The van der Waals surface area contributed by atoms with Crippen LogP contribution in [0.15, 0.2) is 42.5 Å². The Kier molecular flexibility index (Phi) is 4.15. The molecule has 27 heavy (non-hydrogen) atoms. The molecule has 0 spiro atoms. The molecular formula is C25H24O2. The topological polar surface area (TPSA) is 26.3 Å². The van der Waals surface area contributed by atoms with Gasteiger partial charge in [0, 0.05) is 0 Å². The molecule has 0 aliphatic rings. The number of aryl methyl sites for hydroxylation is 4. The zero-order valence-electron chi connectivity index (χ0n) is 16.6. The van der Waals surface area contributed by atoms with Gasteiger partial charge < -0.3 is 4.74 Å². The molecule has 2 heteroatoms. The molecule has 2 nitrogen and oxygen atoms in total. The number of ether oxygens (including phenoxy) is 1. The predicted octanol–water partition coefficient (Wildman–Crippen LogP) is 6.56. The lowest BCUT2D eigenvalue weighted by Gasteiger charge is -2.15. The van der Waals surface area contributed by atoms with Gasteiger partial charge in [-0.15, -0.1) is 0 Å². The summed E-state index contributed by atoms with van der Waals surface area (Å²) in [6.45, 7) is 10.8. The Hall–Kier alpha value is -2.87. The van der Waals surface area contributed by atoms with Crippen LogP contribution in [0.5, 0.6) is 0 Å². The molecule has 0 saturated heterocycles. The van der Waals surface area contributed by atoms with Crippen molar-refractivity contribution in [3.63, 3.8) is 0 Å². The van der Waals surface area contributed by atoms with Gasteiger partial charge in [0.15, 0.2) is 0 Å². The van der Waals surface area contributed by atoms with E-state index in [0.29, 0.717) is 12.2 Å². The Morgan fingerprint density at radius 3 is 1.52 bits per heavy atom. The fraction of sp³-hybridized carbons (Fsp3) is 0.240. The maximum Gasteiger partial charge on any atom is 0.338 e. The van der Waals surface area contributed by atoms with Crippen molar-refractivity contribution in [1.29, 1.82) is 0 Å². The van der Waals surface area contributed by atoms with E-state index in [-0.39, 0.29) is 5.97 Å². The van der Waals surface area contributed by atoms with Gasteiger partial charge in [0.2, 0.25) is 0 Å². The molecule has 0 aliphatic heterocycles. The Labute approximate surface area is 159 Å². The molecule has 0 aliphatic carbocycles. The normalized spacial score (nSPS) is 11.4. The second-order valence-electron chi connectivity index (χ2n) is 7.44. The first-order chi connectivity index (χ1) is 12.9. The molecule has 0 saturated carbocycles. The number of rotatable bonds is 2. The molecule has 0 heterocycles. The lowest BCUT2D eigenvalue weighted by Crippen LogP contribution is -2.04. The number of fused-ring (bicyclic) bond motifs is 6. The number of carbonyl (C=O) groups excluding carboxylic acids is 1. The van der Waals surface area contributed by atoms with Gasteiger partial charge in [-0.05, 0) is 101 Å². The van der Waals surface area contributed by atoms with Crippen LogP contribution in [0.3, 0.4) is 0 Å². The lowest BCUT2D eigenvalue weighted by atomic mass is 9.89. The average molecular weight is 356 g/mol. The lowest BCUT2D eigenvalue weighted by molar-refractivity contribution is 0.0526. The van der Waals surface area contributed by atoms with Gasteiger partial charge >= 0.3 is 5.97 Å². The van der Waals surface area contributed by atoms with E-state index in [2.05, 4.69) is 58.0 Å². The summed E-state index contributed by atoms with van der Waals surface area (Å²) in [7, 11) is 0. The summed E-state index contributed by atoms with van der Waals surface area (Å²) in [4.78, 5) is 12.3. The van der Waals surface area contributed by atoms with Crippen molar-refractivity contribution in [2.24, 2.45) is 0 Å². The van der Waals surface area contributed by atoms with Crippen molar-refractivity contribution in [2.45, 2.75) is 34.6 Å². The highest BCUT2D eigenvalue weighted by Gasteiger charge is 2.14. The summed E-state index contributed by atoms with van der Waals surface area (Å²) >= 11 is 0. The average Bonchev–Trinajstić information content (AvgIpc) is 2.64. The summed E-state index contributed by atoms with van der Waals surface area (Å²) in [6, 6.07) is 15.0. The summed E-state index contributed by atoms with van der Waals surface area (Å²) < 4.78 is 5.22. The molecule has 0 N–H and O–H groups in total. The smallest absolute Gasteiger partial charge is 0.338 e. The molecule has 0 bridgehead atoms. The Bertz CT molecular complexity index is 1230. The van der Waals surface area contributed by atoms with Crippen LogP contribution in [0.2, 0.25) is 0 Å². The van der Waals surface area contributed by atoms with Crippen LogP contribution in [0.4, 0.5) is 0 Å². The molecule has 0 amide bonds. The minimum Gasteiger partial charge on any atom is -0.462 e. The number of carbonyl (C=O) groups is 1. The Morgan fingerprint density at radius 2 is 1.07 bits per heavy atom. The second kappa shape index (κ2) is 6.38. The number of esters is 1. The maximum absolute atomic E-state index is 12.3. The van der Waals surface area contributed by atoms with E-state index in [1.807, 2.05) is 19.1 Å². The van der Waals surface area contributed by atoms with Gasteiger partial charge in [-0.3, -0.25) is 0 Å². The van der Waals surface area contributed by atoms with Gasteiger partial charge in [-0.25, -0.2) is 4.79 Å². The first-order valence-electron chi connectivity index (χ1n) is 9.45. The van der Waals surface area contributed by atoms with Crippen LogP contribution in [0.25, 0.3) is 32.3 Å². The molecule has 4 rings (SSSR count). The first kappa shape index (κ1) is 17.5. The minimum absolute atomic E-state index is 0.267. The van der Waals surface area contributed by atoms with Crippen molar-refractivity contribution in [2.75, 3.05) is 6.61 Å². The minimum atomic E-state index is -0.267. The van der Waals surface area contributed by atoms with Gasteiger partial charge in [-0.1, -0.05) is 30.3 Å². The van der Waals surface area contributed by atoms with Crippen LogP contribution < -0.4 is 0 Å². The highest BCUT2D eigenvalue weighted by molar-refractivity contribution is 6.26. The number of hydrogen-bond donors (Lipinski definition) is 0. The maximum atomic E-state index is 12.3. The van der Waals surface area contributed by atoms with E-state index in [0.717, 1.165) is 5.39 Å². The molecule has 4 aromatic carbocycles. The summed E-state index contributed by atoms with van der Waals surface area (Å²) in [5, 5.41) is 7.22. The zero-order valence-corrected chi connectivity index (χ0v) is 16.6. The van der Waals surface area contributed by atoms with Gasteiger partial charge in [0.05, 0.1) is 12.2 Å². The second-order valence-corrected chi connectivity index (χ2v) is 7.44. The monoisotopic (exact) mass is 356 g/mol. The largest absolute Gasteiger partial charge is 0.462 e. The van der Waals surface area contributed by atoms with Crippen molar-refractivity contribution >= 4 is 38.3 Å². The highest BCUT2D eigenvalue weighted by atomic mass is 16.5. The molecule has 0 aromatic heterocycles. The van der Waals surface area contributed by atoms with Crippen LogP contribution in [-0.4, -0.2) is 12.6 Å². The van der Waals surface area contributed by atoms with E-state index in [9.17, 15) is 4.79 Å². The quantitative estimate of drug-likeness (QED) is 0.300.